The predicted molar refractivity (Wildman–Crippen MR) is 162 cm³/mol. The van der Waals surface area contributed by atoms with E-state index in [1.54, 1.807) is 27.7 Å². The van der Waals surface area contributed by atoms with Crippen LogP contribution in [0.25, 0.3) is 10.9 Å². The first-order valence-electron chi connectivity index (χ1n) is 14.2. The van der Waals surface area contributed by atoms with Crippen molar-refractivity contribution in [1.29, 1.82) is 0 Å². The number of carbonyl (C=O) groups is 3. The molecule has 5 rings (SSSR count). The van der Waals surface area contributed by atoms with Gasteiger partial charge in [-0.15, -0.1) is 11.8 Å². The number of alkyl halides is 1. The molecule has 0 saturated carbocycles. The molecule has 2 aromatic rings. The van der Waals surface area contributed by atoms with Gasteiger partial charge in [0.15, 0.2) is 0 Å². The van der Waals surface area contributed by atoms with E-state index in [0.717, 1.165) is 14.6 Å². The summed E-state index contributed by atoms with van der Waals surface area (Å²) in [4.78, 5) is 45.0. The summed E-state index contributed by atoms with van der Waals surface area (Å²) in [6, 6.07) is -0.607. The summed E-state index contributed by atoms with van der Waals surface area (Å²) in [7, 11) is 0. The Morgan fingerprint density at radius 2 is 2.05 bits per heavy atom. The Labute approximate surface area is 257 Å². The van der Waals surface area contributed by atoms with Crippen molar-refractivity contribution in [2.45, 2.75) is 50.3 Å². The third-order valence-corrected chi connectivity index (χ3v) is 10.4. The van der Waals surface area contributed by atoms with E-state index < -0.39 is 30.8 Å². The molecule has 0 spiro atoms. The lowest BCUT2D eigenvalue weighted by atomic mass is 9.79. The lowest BCUT2D eigenvalue weighted by molar-refractivity contribution is -0.695. The second-order valence-electron chi connectivity index (χ2n) is 10.8. The average Bonchev–Trinajstić information content (AvgIpc) is 3.70. The monoisotopic (exact) mass is 631 g/mol. The van der Waals surface area contributed by atoms with Crippen LogP contribution >= 0.6 is 23.1 Å². The molecule has 2 fully saturated rings. The lowest BCUT2D eigenvalue weighted by Gasteiger charge is -2.46. The van der Waals surface area contributed by atoms with Crippen molar-refractivity contribution in [2.75, 3.05) is 26.4 Å². The standard InChI is InChI=1S/C30H36FN4O6S2/c1-5-11-40-29(38)26-27(18(3)25-24(19(4)36)28(37)35(25)26)43-22-13-20(34(15-22)30(39)41-12-6-2)7-8-21-14-33-17-32(10-9-31)16-23(33)42-21/h5-8,14,16-20,22,24-25,36H,1-2,9-13,15H2,3-4H3/q+1/t18-,19-,20-,22+,24-,25-/m1/s1. The number of rotatable bonds is 12. The van der Waals surface area contributed by atoms with Crippen LogP contribution < -0.4 is 4.57 Å². The summed E-state index contributed by atoms with van der Waals surface area (Å²) in [5.74, 6) is -1.69. The molecule has 13 heteroatoms. The Hall–Kier alpha value is -3.42. The van der Waals surface area contributed by atoms with E-state index in [1.165, 1.54) is 28.8 Å². The maximum Gasteiger partial charge on any atom is 0.410 e. The van der Waals surface area contributed by atoms with Gasteiger partial charge >= 0.3 is 12.1 Å². The molecule has 43 heavy (non-hydrogen) atoms. The van der Waals surface area contributed by atoms with Crippen molar-refractivity contribution in [1.82, 2.24) is 14.2 Å². The number of thiazole rings is 1. The van der Waals surface area contributed by atoms with E-state index in [9.17, 15) is 23.9 Å². The number of imidazole rings is 1. The fraction of sp³-hybridized carbons (Fsp3) is 0.467. The molecule has 2 amide bonds. The molecule has 3 aliphatic rings. The third kappa shape index (κ3) is 6.02. The largest absolute Gasteiger partial charge is 0.457 e. The zero-order valence-electron chi connectivity index (χ0n) is 24.1. The number of esters is 1. The third-order valence-electron chi connectivity index (χ3n) is 7.91. The second kappa shape index (κ2) is 13.1. The van der Waals surface area contributed by atoms with Crippen molar-refractivity contribution < 1.29 is 37.9 Å². The molecule has 0 bridgehead atoms. The van der Waals surface area contributed by atoms with Crippen molar-refractivity contribution in [3.8, 4) is 0 Å². The van der Waals surface area contributed by atoms with Gasteiger partial charge < -0.3 is 24.4 Å². The van der Waals surface area contributed by atoms with Crippen LogP contribution in [0.1, 0.15) is 25.1 Å². The van der Waals surface area contributed by atoms with Crippen LogP contribution in [0.3, 0.4) is 0 Å². The molecule has 2 aromatic heterocycles. The van der Waals surface area contributed by atoms with Gasteiger partial charge in [0.2, 0.25) is 17.1 Å². The van der Waals surface area contributed by atoms with Gasteiger partial charge in [0.1, 0.15) is 44.5 Å². The first-order valence-corrected chi connectivity index (χ1v) is 15.9. The molecular weight excluding hydrogens is 595 g/mol. The minimum atomic E-state index is -0.846. The molecule has 0 aromatic carbocycles. The van der Waals surface area contributed by atoms with Gasteiger partial charge in [-0.1, -0.05) is 49.6 Å². The summed E-state index contributed by atoms with van der Waals surface area (Å²) in [6.45, 7) is 11.1. The Morgan fingerprint density at radius 3 is 2.72 bits per heavy atom. The zero-order chi connectivity index (χ0) is 30.8. The summed E-state index contributed by atoms with van der Waals surface area (Å²) < 4.78 is 27.2. The SMILES string of the molecule is C=CCOC(=O)C1=C(S[C@H]2C[C@@H](C=Cc3cn4c[n+](CCF)cc4s3)N(C(=O)OCC=C)C2)[C@H](C)[C@@H]2[C@@H]([C@@H](C)O)C(=O)N12. The van der Waals surface area contributed by atoms with Crippen LogP contribution in [0.4, 0.5) is 9.18 Å². The van der Waals surface area contributed by atoms with Gasteiger partial charge in [-0.3, -0.25) is 4.79 Å². The predicted octanol–water partition coefficient (Wildman–Crippen LogP) is 3.57. The Kier molecular flexibility index (Phi) is 9.42. The van der Waals surface area contributed by atoms with Crippen molar-refractivity contribution in [3.05, 3.63) is 65.6 Å². The average molecular weight is 632 g/mol. The Bertz CT molecular complexity index is 1450. The molecule has 0 aliphatic carbocycles. The number of fused-ring (bicyclic) bond motifs is 2. The number of thioether (sulfide) groups is 1. The number of hydrogen-bond acceptors (Lipinski definition) is 8. The molecule has 1 N–H and O–H groups in total. The van der Waals surface area contributed by atoms with E-state index in [0.29, 0.717) is 19.5 Å². The summed E-state index contributed by atoms with van der Waals surface area (Å²) >= 11 is 3.03. The highest BCUT2D eigenvalue weighted by Gasteiger charge is 2.60. The normalized spacial score (nSPS) is 25.8. The van der Waals surface area contributed by atoms with Crippen molar-refractivity contribution in [2.24, 2.45) is 11.8 Å². The van der Waals surface area contributed by atoms with Gasteiger partial charge in [-0.2, -0.15) is 4.40 Å². The molecule has 10 nitrogen and oxygen atoms in total. The fourth-order valence-electron chi connectivity index (χ4n) is 5.99. The summed E-state index contributed by atoms with van der Waals surface area (Å²) in [6.07, 6.45) is 11.9. The number of β-lactam (4-membered cyclic amide) rings is 1. The van der Waals surface area contributed by atoms with Gasteiger partial charge in [0.05, 0.1) is 29.0 Å². The lowest BCUT2D eigenvalue weighted by Crippen LogP contribution is -2.63. The van der Waals surface area contributed by atoms with Crippen LogP contribution in [-0.4, -0.2) is 87.1 Å². The highest BCUT2D eigenvalue weighted by Crippen LogP contribution is 2.52. The number of aryl methyl sites for hydroxylation is 1. The quantitative estimate of drug-likeness (QED) is 0.165. The first kappa shape index (κ1) is 31.0. The Balaban J connectivity index is 1.38. The van der Waals surface area contributed by atoms with E-state index in [2.05, 4.69) is 13.2 Å². The number of likely N-dealkylation sites (tertiary alicyclic amines) is 1. The number of ether oxygens (including phenoxy) is 2. The van der Waals surface area contributed by atoms with E-state index in [1.807, 2.05) is 42.2 Å². The number of aliphatic hydroxyl groups excluding tert-OH is 1. The zero-order valence-corrected chi connectivity index (χ0v) is 25.8. The van der Waals surface area contributed by atoms with Gasteiger partial charge in [-0.05, 0) is 19.4 Å². The topological polar surface area (TPSA) is 105 Å². The molecule has 2 saturated heterocycles. The fourth-order valence-corrected chi connectivity index (χ4v) is 8.47. The summed E-state index contributed by atoms with van der Waals surface area (Å²) in [5.41, 5.74) is 0.213. The highest BCUT2D eigenvalue weighted by molar-refractivity contribution is 8.03. The van der Waals surface area contributed by atoms with Crippen LogP contribution in [0.2, 0.25) is 0 Å². The van der Waals surface area contributed by atoms with Crippen molar-refractivity contribution >= 4 is 52.0 Å². The smallest absolute Gasteiger partial charge is 0.410 e. The number of nitrogens with zero attached hydrogens (tertiary/aromatic N) is 4. The molecule has 3 aliphatic heterocycles. The van der Waals surface area contributed by atoms with Crippen molar-refractivity contribution in [3.63, 3.8) is 0 Å². The van der Waals surface area contributed by atoms with Crippen LogP contribution in [-0.2, 0) is 25.6 Å². The van der Waals surface area contributed by atoms with E-state index >= 15 is 0 Å². The highest BCUT2D eigenvalue weighted by atomic mass is 32.2. The number of carbonyl (C=O) groups excluding carboxylic acids is 3. The van der Waals surface area contributed by atoms with E-state index in [4.69, 9.17) is 9.47 Å². The number of hydrogen-bond donors (Lipinski definition) is 1. The van der Waals surface area contributed by atoms with Gasteiger partial charge in [0, 0.05) is 22.6 Å². The molecule has 6 atom stereocenters. The maximum atomic E-state index is 13.1. The molecule has 0 radical (unpaired) electrons. The molecule has 230 valence electrons. The van der Waals surface area contributed by atoms with Gasteiger partial charge in [0.25, 0.3) is 0 Å². The Morgan fingerprint density at radius 1 is 1.30 bits per heavy atom. The minimum Gasteiger partial charge on any atom is -0.457 e. The molecular formula is C30H36FN4O6S2+. The maximum absolute atomic E-state index is 13.1. The second-order valence-corrected chi connectivity index (χ2v) is 13.3. The summed E-state index contributed by atoms with van der Waals surface area (Å²) in [5, 5.41) is 10.2. The minimum absolute atomic E-state index is 0.00818. The molecule has 5 heterocycles. The number of aliphatic hydroxyl groups is 1. The molecule has 0 unspecified atom stereocenters. The van der Waals surface area contributed by atoms with Gasteiger partial charge in [-0.25, -0.2) is 18.5 Å². The van der Waals surface area contributed by atoms with E-state index in [-0.39, 0.29) is 48.1 Å². The number of aromatic nitrogens is 2. The van der Waals surface area contributed by atoms with Crippen LogP contribution in [0.5, 0.6) is 0 Å². The number of amides is 2. The first-order chi connectivity index (χ1) is 20.7. The number of halogens is 1. The van der Waals surface area contributed by atoms with Crippen LogP contribution in [0.15, 0.2) is 60.7 Å². The van der Waals surface area contributed by atoms with Crippen LogP contribution in [0, 0.1) is 11.8 Å².